The van der Waals surface area contributed by atoms with Crippen molar-refractivity contribution in [1.29, 1.82) is 0 Å². The van der Waals surface area contributed by atoms with Crippen molar-refractivity contribution < 1.29 is 4.74 Å². The first kappa shape index (κ1) is 12.3. The molecule has 3 heteroatoms. The highest BCUT2D eigenvalue weighted by molar-refractivity contribution is 6.20. The molecule has 1 rings (SSSR count). The van der Waals surface area contributed by atoms with Gasteiger partial charge in [0.25, 0.3) is 0 Å². The first-order valence-corrected chi connectivity index (χ1v) is 6.02. The van der Waals surface area contributed by atoms with Crippen LogP contribution in [0.15, 0.2) is 0 Å². The minimum Gasteiger partial charge on any atom is -0.383 e. The third-order valence-corrected chi connectivity index (χ3v) is 3.29. The molecule has 0 amide bonds. The Labute approximate surface area is 92.3 Å². The maximum absolute atomic E-state index is 6.14. The summed E-state index contributed by atoms with van der Waals surface area (Å²) in [5.41, 5.74) is 0. The highest BCUT2D eigenvalue weighted by Gasteiger charge is 2.20. The highest BCUT2D eigenvalue weighted by atomic mass is 35.5. The van der Waals surface area contributed by atoms with Gasteiger partial charge in [0.2, 0.25) is 0 Å². The van der Waals surface area contributed by atoms with Crippen molar-refractivity contribution in [2.75, 3.05) is 20.3 Å². The maximum atomic E-state index is 6.14. The fourth-order valence-corrected chi connectivity index (χ4v) is 2.49. The number of hydrogen-bond donors (Lipinski definition) is 1. The minimum atomic E-state index is 0.410. The molecule has 3 unspecified atom stereocenters. The topological polar surface area (TPSA) is 21.3 Å². The van der Waals surface area contributed by atoms with Crippen molar-refractivity contribution in [3.63, 3.8) is 0 Å². The zero-order valence-electron chi connectivity index (χ0n) is 9.26. The molecule has 0 spiro atoms. The fourth-order valence-electron chi connectivity index (χ4n) is 2.09. The van der Waals surface area contributed by atoms with Gasteiger partial charge in [-0.15, -0.1) is 11.6 Å². The summed E-state index contributed by atoms with van der Waals surface area (Å²) in [4.78, 5) is 0. The van der Waals surface area contributed by atoms with E-state index in [9.17, 15) is 0 Å². The summed E-state index contributed by atoms with van der Waals surface area (Å²) in [5, 5.41) is 3.90. The van der Waals surface area contributed by atoms with E-state index in [1.165, 1.54) is 25.7 Å². The molecule has 0 aromatic rings. The Morgan fingerprint density at radius 3 is 2.93 bits per heavy atom. The van der Waals surface area contributed by atoms with Crippen LogP contribution in [-0.2, 0) is 4.74 Å². The molecule has 1 fully saturated rings. The van der Waals surface area contributed by atoms with Crippen LogP contribution >= 0.6 is 11.6 Å². The predicted molar refractivity (Wildman–Crippen MR) is 60.9 cm³/mol. The second kappa shape index (κ2) is 6.65. The van der Waals surface area contributed by atoms with E-state index < -0.39 is 0 Å². The monoisotopic (exact) mass is 219 g/mol. The van der Waals surface area contributed by atoms with Gasteiger partial charge in [-0.3, -0.25) is 0 Å². The molecule has 1 saturated carbocycles. The lowest BCUT2D eigenvalue weighted by molar-refractivity contribution is 0.168. The highest BCUT2D eigenvalue weighted by Crippen LogP contribution is 2.27. The molecule has 0 aromatic carbocycles. The van der Waals surface area contributed by atoms with Gasteiger partial charge in [-0.05, 0) is 38.6 Å². The number of nitrogens with one attached hydrogen (secondary N) is 1. The fraction of sp³-hybridized carbons (Fsp3) is 1.00. The number of rotatable bonds is 5. The molecule has 1 aliphatic rings. The molecule has 0 saturated heterocycles. The van der Waals surface area contributed by atoms with E-state index in [0.717, 1.165) is 19.1 Å². The lowest BCUT2D eigenvalue weighted by atomic mass is 9.89. The molecule has 0 bridgehead atoms. The van der Waals surface area contributed by atoms with Crippen molar-refractivity contribution in [2.45, 2.75) is 44.0 Å². The van der Waals surface area contributed by atoms with Crippen molar-refractivity contribution in [1.82, 2.24) is 5.32 Å². The zero-order valence-corrected chi connectivity index (χ0v) is 10.0. The summed E-state index contributed by atoms with van der Waals surface area (Å²) >= 11 is 6.14. The zero-order chi connectivity index (χ0) is 10.4. The van der Waals surface area contributed by atoms with E-state index >= 15 is 0 Å². The van der Waals surface area contributed by atoms with Crippen LogP contribution < -0.4 is 5.32 Å². The molecular weight excluding hydrogens is 198 g/mol. The molecule has 0 heterocycles. The molecule has 2 nitrogen and oxygen atoms in total. The average molecular weight is 220 g/mol. The van der Waals surface area contributed by atoms with Crippen LogP contribution in [0.5, 0.6) is 0 Å². The molecule has 0 aliphatic heterocycles. The second-order valence-electron chi connectivity index (χ2n) is 4.39. The van der Waals surface area contributed by atoms with E-state index in [-0.39, 0.29) is 0 Å². The first-order valence-electron chi connectivity index (χ1n) is 5.58. The first-order chi connectivity index (χ1) is 6.72. The Hall–Kier alpha value is 0.210. The average Bonchev–Trinajstić information content (AvgIpc) is 2.15. The lowest BCUT2D eigenvalue weighted by Crippen LogP contribution is -2.35. The van der Waals surface area contributed by atoms with Gasteiger partial charge in [0.1, 0.15) is 0 Å². The van der Waals surface area contributed by atoms with E-state index in [1.54, 1.807) is 7.11 Å². The number of ether oxygens (including phenoxy) is 1. The minimum absolute atomic E-state index is 0.410. The Bertz CT molecular complexity index is 154. The second-order valence-corrected chi connectivity index (χ2v) is 5.01. The van der Waals surface area contributed by atoms with E-state index in [2.05, 4.69) is 12.2 Å². The lowest BCUT2D eigenvalue weighted by Gasteiger charge is -2.26. The summed E-state index contributed by atoms with van der Waals surface area (Å²) in [6.07, 6.45) is 5.00. The Morgan fingerprint density at radius 1 is 1.50 bits per heavy atom. The van der Waals surface area contributed by atoms with Crippen LogP contribution in [0.1, 0.15) is 32.6 Å². The third kappa shape index (κ3) is 4.63. The quantitative estimate of drug-likeness (QED) is 0.718. The van der Waals surface area contributed by atoms with Gasteiger partial charge in [0.15, 0.2) is 0 Å². The SMILES string of the molecule is COCC(C)NCC1CCCC(Cl)C1. The number of methoxy groups -OCH3 is 1. The third-order valence-electron chi connectivity index (χ3n) is 2.89. The Morgan fingerprint density at radius 2 is 2.29 bits per heavy atom. The summed E-state index contributed by atoms with van der Waals surface area (Å²) in [6.45, 7) is 4.04. The summed E-state index contributed by atoms with van der Waals surface area (Å²) < 4.78 is 5.08. The van der Waals surface area contributed by atoms with E-state index in [1.807, 2.05) is 0 Å². The normalized spacial score (nSPS) is 30.2. The van der Waals surface area contributed by atoms with Crippen LogP contribution in [0.3, 0.4) is 0 Å². The van der Waals surface area contributed by atoms with Crippen LogP contribution in [0.4, 0.5) is 0 Å². The van der Waals surface area contributed by atoms with Crippen molar-refractivity contribution in [3.05, 3.63) is 0 Å². The molecule has 1 aliphatic carbocycles. The van der Waals surface area contributed by atoms with Crippen LogP contribution in [0.25, 0.3) is 0 Å². The molecule has 84 valence electrons. The van der Waals surface area contributed by atoms with Crippen LogP contribution in [0.2, 0.25) is 0 Å². The van der Waals surface area contributed by atoms with E-state index in [0.29, 0.717) is 11.4 Å². The van der Waals surface area contributed by atoms with Crippen molar-refractivity contribution in [3.8, 4) is 0 Å². The van der Waals surface area contributed by atoms with Crippen LogP contribution in [0, 0.1) is 5.92 Å². The number of alkyl halides is 1. The van der Waals surface area contributed by atoms with Gasteiger partial charge in [-0.1, -0.05) is 6.42 Å². The summed E-state index contributed by atoms with van der Waals surface area (Å²) in [6, 6.07) is 0.454. The van der Waals surface area contributed by atoms with Gasteiger partial charge >= 0.3 is 0 Å². The maximum Gasteiger partial charge on any atom is 0.0613 e. The van der Waals surface area contributed by atoms with Crippen LogP contribution in [-0.4, -0.2) is 31.7 Å². The summed E-state index contributed by atoms with van der Waals surface area (Å²) in [5.74, 6) is 0.769. The standard InChI is InChI=1S/C11H22ClNO/c1-9(8-14-2)13-7-10-4-3-5-11(12)6-10/h9-11,13H,3-8H2,1-2H3. The predicted octanol–water partition coefficient (Wildman–Crippen LogP) is 2.41. The largest absolute Gasteiger partial charge is 0.383 e. The Kier molecular flexibility index (Phi) is 5.83. The van der Waals surface area contributed by atoms with E-state index in [4.69, 9.17) is 16.3 Å². The summed E-state index contributed by atoms with van der Waals surface area (Å²) in [7, 11) is 1.74. The van der Waals surface area contributed by atoms with Gasteiger partial charge in [0, 0.05) is 18.5 Å². The van der Waals surface area contributed by atoms with Gasteiger partial charge in [-0.2, -0.15) is 0 Å². The van der Waals surface area contributed by atoms with Crippen molar-refractivity contribution >= 4 is 11.6 Å². The van der Waals surface area contributed by atoms with Crippen molar-refractivity contribution in [2.24, 2.45) is 5.92 Å². The molecule has 0 radical (unpaired) electrons. The molecule has 14 heavy (non-hydrogen) atoms. The van der Waals surface area contributed by atoms with Gasteiger partial charge in [0.05, 0.1) is 6.61 Å². The smallest absolute Gasteiger partial charge is 0.0613 e. The number of hydrogen-bond acceptors (Lipinski definition) is 2. The molecule has 3 atom stereocenters. The Balaban J connectivity index is 2.10. The van der Waals surface area contributed by atoms with Gasteiger partial charge < -0.3 is 10.1 Å². The molecular formula is C11H22ClNO. The van der Waals surface area contributed by atoms with Gasteiger partial charge in [-0.25, -0.2) is 0 Å². The molecule has 0 aromatic heterocycles. The molecule has 1 N–H and O–H groups in total. The number of halogens is 1.